The van der Waals surface area contributed by atoms with E-state index in [2.05, 4.69) is 10.6 Å². The first kappa shape index (κ1) is 25.1. The molecule has 0 saturated heterocycles. The molecular weight excluding hydrogens is 497 g/mol. The molecule has 2 N–H and O–H groups in total. The van der Waals surface area contributed by atoms with Crippen LogP contribution in [0, 0.1) is 11.3 Å². The van der Waals surface area contributed by atoms with Crippen LogP contribution in [0.5, 0.6) is 5.75 Å². The largest absolute Gasteiger partial charge is 0.486 e. The van der Waals surface area contributed by atoms with Gasteiger partial charge >= 0.3 is 0 Å². The first-order chi connectivity index (χ1) is 16.3. The number of benzene rings is 3. The second-order valence-corrected chi connectivity index (χ2v) is 8.30. The molecule has 0 aliphatic heterocycles. The normalized spacial score (nSPS) is 10.9. The molecule has 0 aliphatic rings. The van der Waals surface area contributed by atoms with Crippen molar-refractivity contribution in [1.29, 1.82) is 5.26 Å². The van der Waals surface area contributed by atoms with Crippen molar-refractivity contribution >= 4 is 64.1 Å². The second kappa shape index (κ2) is 11.6. The van der Waals surface area contributed by atoms with Crippen LogP contribution in [0.15, 0.2) is 66.2 Å². The maximum absolute atomic E-state index is 12.6. The van der Waals surface area contributed by atoms with Crippen molar-refractivity contribution in [3.05, 3.63) is 92.4 Å². The quantitative estimate of drug-likeness (QED) is 0.270. The van der Waals surface area contributed by atoms with E-state index in [0.29, 0.717) is 22.0 Å². The zero-order chi connectivity index (χ0) is 24.7. The molecule has 34 heavy (non-hydrogen) atoms. The van der Waals surface area contributed by atoms with Gasteiger partial charge in [0.1, 0.15) is 18.2 Å². The van der Waals surface area contributed by atoms with E-state index < -0.39 is 5.91 Å². The van der Waals surface area contributed by atoms with Crippen molar-refractivity contribution in [2.24, 2.45) is 0 Å². The fourth-order valence-corrected chi connectivity index (χ4v) is 3.72. The minimum Gasteiger partial charge on any atom is -0.486 e. The van der Waals surface area contributed by atoms with Crippen molar-refractivity contribution in [3.8, 4) is 11.8 Å². The predicted molar refractivity (Wildman–Crippen MR) is 135 cm³/mol. The van der Waals surface area contributed by atoms with Crippen LogP contribution in [0.3, 0.4) is 0 Å². The van der Waals surface area contributed by atoms with Crippen molar-refractivity contribution in [2.75, 3.05) is 10.6 Å². The Morgan fingerprint density at radius 1 is 0.941 bits per heavy atom. The Labute approximate surface area is 211 Å². The van der Waals surface area contributed by atoms with E-state index >= 15 is 0 Å². The lowest BCUT2D eigenvalue weighted by Crippen LogP contribution is -2.13. The summed E-state index contributed by atoms with van der Waals surface area (Å²) in [7, 11) is 0. The molecule has 3 rings (SSSR count). The summed E-state index contributed by atoms with van der Waals surface area (Å²) in [5, 5.41) is 15.7. The third kappa shape index (κ3) is 6.75. The number of anilines is 2. The second-order valence-electron chi connectivity index (χ2n) is 7.08. The number of nitrogens with one attached hydrogen (secondary N) is 2. The molecule has 0 unspecified atom stereocenters. The van der Waals surface area contributed by atoms with Gasteiger partial charge in [-0.05, 0) is 54.1 Å². The molecule has 0 radical (unpaired) electrons. The average Bonchev–Trinajstić information content (AvgIpc) is 2.79. The Morgan fingerprint density at radius 3 is 2.09 bits per heavy atom. The molecular formula is C25H18Cl3N3O3. The summed E-state index contributed by atoms with van der Waals surface area (Å²) >= 11 is 18.8. The molecule has 3 aromatic rings. The minimum atomic E-state index is -0.610. The Balaban J connectivity index is 1.73. The van der Waals surface area contributed by atoms with Crippen LogP contribution in [-0.2, 0) is 16.2 Å². The van der Waals surface area contributed by atoms with E-state index in [1.54, 1.807) is 42.5 Å². The number of hydrogen-bond acceptors (Lipinski definition) is 4. The van der Waals surface area contributed by atoms with Crippen molar-refractivity contribution in [2.45, 2.75) is 13.5 Å². The lowest BCUT2D eigenvalue weighted by atomic mass is 10.1. The number of carbonyl (C=O) groups is 2. The van der Waals surface area contributed by atoms with E-state index in [1.807, 2.05) is 24.3 Å². The first-order valence-corrected chi connectivity index (χ1v) is 11.1. The topological polar surface area (TPSA) is 91.2 Å². The SMILES string of the molecule is CC(=O)Nc1ccc(NC(=O)/C(C#N)=C\c2cc(Cl)c(OCc3ccccc3Cl)c(Cl)c2)cc1. The monoisotopic (exact) mass is 513 g/mol. The third-order valence-electron chi connectivity index (χ3n) is 4.49. The smallest absolute Gasteiger partial charge is 0.266 e. The summed E-state index contributed by atoms with van der Waals surface area (Å²) in [6, 6.07) is 18.7. The lowest BCUT2D eigenvalue weighted by molar-refractivity contribution is -0.114. The van der Waals surface area contributed by atoms with Gasteiger partial charge in [0.25, 0.3) is 5.91 Å². The van der Waals surface area contributed by atoms with E-state index in [0.717, 1.165) is 5.56 Å². The highest BCUT2D eigenvalue weighted by atomic mass is 35.5. The van der Waals surface area contributed by atoms with Crippen LogP contribution >= 0.6 is 34.8 Å². The van der Waals surface area contributed by atoms with Gasteiger partial charge in [-0.2, -0.15) is 5.26 Å². The molecule has 3 aromatic carbocycles. The van der Waals surface area contributed by atoms with E-state index in [1.165, 1.54) is 13.0 Å². The summed E-state index contributed by atoms with van der Waals surface area (Å²) in [4.78, 5) is 23.7. The number of hydrogen-bond donors (Lipinski definition) is 2. The van der Waals surface area contributed by atoms with E-state index in [4.69, 9.17) is 39.5 Å². The molecule has 0 fully saturated rings. The zero-order valence-corrected chi connectivity index (χ0v) is 20.1. The van der Waals surface area contributed by atoms with E-state index in [9.17, 15) is 14.9 Å². The number of ether oxygens (including phenoxy) is 1. The van der Waals surface area contributed by atoms with Crippen LogP contribution in [-0.4, -0.2) is 11.8 Å². The third-order valence-corrected chi connectivity index (χ3v) is 5.42. The summed E-state index contributed by atoms with van der Waals surface area (Å²) in [5.74, 6) is -0.548. The highest BCUT2D eigenvalue weighted by Gasteiger charge is 2.14. The van der Waals surface area contributed by atoms with E-state index in [-0.39, 0.29) is 33.9 Å². The van der Waals surface area contributed by atoms with Crippen LogP contribution in [0.1, 0.15) is 18.1 Å². The number of nitrogens with zero attached hydrogens (tertiary/aromatic N) is 1. The van der Waals surface area contributed by atoms with Gasteiger partial charge in [0.15, 0.2) is 5.75 Å². The standard InChI is InChI=1S/C25H18Cl3N3O3/c1-15(32)30-19-6-8-20(9-7-19)31-25(33)18(13-29)10-16-11-22(27)24(23(28)12-16)34-14-17-4-2-3-5-21(17)26/h2-12H,14H2,1H3,(H,30,32)(H,31,33)/b18-10-. The van der Waals surface area contributed by atoms with Crippen LogP contribution in [0.25, 0.3) is 6.08 Å². The average molecular weight is 515 g/mol. The fourth-order valence-electron chi connectivity index (χ4n) is 2.92. The highest BCUT2D eigenvalue weighted by molar-refractivity contribution is 6.37. The Bertz CT molecular complexity index is 1280. The zero-order valence-electron chi connectivity index (χ0n) is 17.9. The highest BCUT2D eigenvalue weighted by Crippen LogP contribution is 2.36. The minimum absolute atomic E-state index is 0.150. The molecule has 0 aliphatic carbocycles. The van der Waals surface area contributed by atoms with Gasteiger partial charge in [-0.25, -0.2) is 0 Å². The molecule has 0 spiro atoms. The number of nitriles is 1. The Kier molecular flexibility index (Phi) is 8.55. The van der Waals surface area contributed by atoms with Gasteiger partial charge in [-0.3, -0.25) is 9.59 Å². The number of carbonyl (C=O) groups excluding carboxylic acids is 2. The Morgan fingerprint density at radius 2 is 1.53 bits per heavy atom. The van der Waals surface area contributed by atoms with Gasteiger partial charge in [0, 0.05) is 28.9 Å². The molecule has 172 valence electrons. The summed E-state index contributed by atoms with van der Waals surface area (Å²) < 4.78 is 5.74. The number of rotatable bonds is 7. The van der Waals surface area contributed by atoms with Crippen LogP contribution in [0.4, 0.5) is 11.4 Å². The fraction of sp³-hybridized carbons (Fsp3) is 0.0800. The Hall–Kier alpha value is -3.50. The van der Waals surface area contributed by atoms with Gasteiger partial charge < -0.3 is 15.4 Å². The molecule has 9 heteroatoms. The van der Waals surface area contributed by atoms with Crippen molar-refractivity contribution < 1.29 is 14.3 Å². The molecule has 6 nitrogen and oxygen atoms in total. The maximum Gasteiger partial charge on any atom is 0.266 e. The van der Waals surface area contributed by atoms with Gasteiger partial charge in [0.05, 0.1) is 10.0 Å². The van der Waals surface area contributed by atoms with Crippen molar-refractivity contribution in [3.63, 3.8) is 0 Å². The summed E-state index contributed by atoms with van der Waals surface area (Å²) in [6.45, 7) is 1.57. The summed E-state index contributed by atoms with van der Waals surface area (Å²) in [6.07, 6.45) is 1.37. The van der Waals surface area contributed by atoms with Gasteiger partial charge in [0.2, 0.25) is 5.91 Å². The summed E-state index contributed by atoms with van der Waals surface area (Å²) in [5.41, 5.74) is 2.12. The van der Waals surface area contributed by atoms with Gasteiger partial charge in [-0.15, -0.1) is 0 Å². The first-order valence-electron chi connectivity index (χ1n) is 9.93. The van der Waals surface area contributed by atoms with Crippen molar-refractivity contribution in [1.82, 2.24) is 0 Å². The molecule has 0 bridgehead atoms. The van der Waals surface area contributed by atoms with Crippen LogP contribution < -0.4 is 15.4 Å². The molecule has 0 aromatic heterocycles. The molecule has 0 atom stereocenters. The lowest BCUT2D eigenvalue weighted by Gasteiger charge is -2.12. The molecule has 0 heterocycles. The van der Waals surface area contributed by atoms with Crippen LogP contribution in [0.2, 0.25) is 15.1 Å². The molecule has 0 saturated carbocycles. The van der Waals surface area contributed by atoms with Gasteiger partial charge in [-0.1, -0.05) is 53.0 Å². The maximum atomic E-state index is 12.6. The number of amides is 2. The predicted octanol–water partition coefficient (Wildman–Crippen LogP) is 6.73. The number of halogens is 3. The molecule has 2 amide bonds.